The van der Waals surface area contributed by atoms with Gasteiger partial charge in [-0.2, -0.15) is 4.57 Å². The van der Waals surface area contributed by atoms with Crippen LogP contribution in [0.25, 0.3) is 95.0 Å². The lowest BCUT2D eigenvalue weighted by molar-refractivity contribution is -0.997. The van der Waals surface area contributed by atoms with Crippen molar-refractivity contribution in [2.75, 3.05) is 0 Å². The zero-order valence-electron chi connectivity index (χ0n) is 50.0. The summed E-state index contributed by atoms with van der Waals surface area (Å²) in [5, 5.41) is 0. The molecule has 1 atom stereocenters. The van der Waals surface area contributed by atoms with Gasteiger partial charge in [-0.3, -0.25) is 0 Å². The predicted molar refractivity (Wildman–Crippen MR) is 272 cm³/mol. The smallest absolute Gasteiger partial charge is 0.392 e. The minimum absolute atomic E-state index is 0.178. The number of rotatable bonds is 5. The highest BCUT2D eigenvalue weighted by atomic mass is 16.5. The molecule has 0 N–H and O–H groups in total. The van der Waals surface area contributed by atoms with E-state index in [2.05, 4.69) is 127 Å². The quantitative estimate of drug-likeness (QED) is 0.158. The highest BCUT2D eigenvalue weighted by Gasteiger charge is 2.68. The van der Waals surface area contributed by atoms with Crippen LogP contribution in [0.15, 0.2) is 200 Å². The number of fused-ring (bicyclic) bond motifs is 5. The standard InChI is InChI=1S/C63H51N3O/c1-61(2,3)46-31-29-41(30-32-46)44-33-34-64-55(37-44)52-36-45(40-19-10-7-11-20-40)35-51-47-26-18-27-54-59(47)66-60(48-25-16-17-28-57(48)67-63(64,66)58(51)52)65(54)56-39-49(42-21-12-8-13-22-42)53(62(4,5)6)38-50(56)43-23-14-9-15-24-43/h7-39H,1-6H3/q+2/i1D3,2D3,3D3,29D,30D,31D,32D. The Morgan fingerprint density at radius 1 is 0.522 bits per heavy atom. The van der Waals surface area contributed by atoms with Crippen molar-refractivity contribution in [2.24, 2.45) is 0 Å². The molecule has 1 spiro atoms. The van der Waals surface area contributed by atoms with E-state index in [1.807, 2.05) is 65.2 Å². The lowest BCUT2D eigenvalue weighted by Gasteiger charge is -2.32. The molecule has 322 valence electrons. The van der Waals surface area contributed by atoms with Crippen molar-refractivity contribution < 1.29 is 31.7 Å². The first-order chi connectivity index (χ1) is 37.9. The maximum Gasteiger partial charge on any atom is 0.499 e. The third-order valence-corrected chi connectivity index (χ3v) is 13.6. The molecule has 2 aromatic heterocycles. The minimum atomic E-state index is -3.82. The van der Waals surface area contributed by atoms with Gasteiger partial charge >= 0.3 is 11.7 Å². The fourth-order valence-corrected chi connectivity index (χ4v) is 10.7. The van der Waals surface area contributed by atoms with Gasteiger partial charge in [-0.15, -0.1) is 9.13 Å². The van der Waals surface area contributed by atoms with Gasteiger partial charge in [0.25, 0.3) is 0 Å². The number of para-hydroxylation sites is 2. The first-order valence-corrected chi connectivity index (χ1v) is 22.5. The molecular formula is C63H51N3O+2. The average Bonchev–Trinajstić information content (AvgIpc) is 3.93. The van der Waals surface area contributed by atoms with Gasteiger partial charge < -0.3 is 4.74 Å². The number of hydrogen-bond donors (Lipinski definition) is 0. The van der Waals surface area contributed by atoms with E-state index in [9.17, 15) is 5.48 Å². The summed E-state index contributed by atoms with van der Waals surface area (Å²) in [6, 6.07) is 53.8. The van der Waals surface area contributed by atoms with Gasteiger partial charge in [0.15, 0.2) is 17.2 Å². The molecule has 0 bridgehead atoms. The average molecular weight is 879 g/mol. The van der Waals surface area contributed by atoms with Crippen LogP contribution in [0.3, 0.4) is 0 Å². The third-order valence-electron chi connectivity index (χ3n) is 13.6. The van der Waals surface area contributed by atoms with Crippen molar-refractivity contribution in [1.82, 2.24) is 4.57 Å². The van der Waals surface area contributed by atoms with Gasteiger partial charge in [0, 0.05) is 41.2 Å². The zero-order valence-corrected chi connectivity index (χ0v) is 37.0. The fourth-order valence-electron chi connectivity index (χ4n) is 10.7. The maximum atomic E-state index is 9.47. The van der Waals surface area contributed by atoms with Crippen molar-refractivity contribution in [3.05, 3.63) is 217 Å². The molecule has 8 aromatic carbocycles. The molecule has 3 aliphatic rings. The van der Waals surface area contributed by atoms with Gasteiger partial charge in [-0.25, -0.2) is 0 Å². The topological polar surface area (TPSA) is 21.9 Å². The molecule has 67 heavy (non-hydrogen) atoms. The second-order valence-electron chi connectivity index (χ2n) is 18.8. The first-order valence-electron chi connectivity index (χ1n) is 29.0. The molecule has 3 aliphatic heterocycles. The van der Waals surface area contributed by atoms with Crippen molar-refractivity contribution in [3.63, 3.8) is 0 Å². The molecule has 0 saturated heterocycles. The van der Waals surface area contributed by atoms with Crippen LogP contribution in [0.2, 0.25) is 0 Å². The summed E-state index contributed by atoms with van der Waals surface area (Å²) in [7, 11) is 0. The molecule has 0 fully saturated rings. The molecule has 0 amide bonds. The highest BCUT2D eigenvalue weighted by molar-refractivity contribution is 6.00. The van der Waals surface area contributed by atoms with E-state index in [-0.39, 0.29) is 16.5 Å². The summed E-state index contributed by atoms with van der Waals surface area (Å²) in [5.74, 6) is -0.0491. The highest BCUT2D eigenvalue weighted by Crippen LogP contribution is 2.55. The Balaban J connectivity index is 1.15. The summed E-state index contributed by atoms with van der Waals surface area (Å²) >= 11 is 0. The second-order valence-corrected chi connectivity index (χ2v) is 18.8. The predicted octanol–water partition coefficient (Wildman–Crippen LogP) is 14.7. The van der Waals surface area contributed by atoms with Crippen LogP contribution in [0.1, 0.15) is 75.8 Å². The maximum absolute atomic E-state index is 9.47. The number of ether oxygens (including phenoxy) is 1. The van der Waals surface area contributed by atoms with Crippen molar-refractivity contribution in [2.45, 2.75) is 58.0 Å². The van der Waals surface area contributed by atoms with Crippen LogP contribution in [-0.2, 0) is 16.7 Å². The van der Waals surface area contributed by atoms with E-state index in [4.69, 9.17) is 17.1 Å². The Morgan fingerprint density at radius 3 is 1.87 bits per heavy atom. The summed E-state index contributed by atoms with van der Waals surface area (Å²) in [6.07, 6.45) is 1.79. The molecule has 0 aliphatic carbocycles. The number of hydrogen-bond acceptors (Lipinski definition) is 1. The molecule has 1 unspecified atom stereocenters. The Bertz CT molecular complexity index is 4190. The molecule has 13 rings (SSSR count). The Morgan fingerprint density at radius 2 is 1.16 bits per heavy atom. The number of nitrogens with zero attached hydrogens (tertiary/aromatic N) is 3. The molecule has 4 heteroatoms. The van der Waals surface area contributed by atoms with Crippen LogP contribution in [0, 0.1) is 0 Å². The van der Waals surface area contributed by atoms with Crippen molar-refractivity contribution >= 4 is 11.0 Å². The van der Waals surface area contributed by atoms with Crippen molar-refractivity contribution in [3.8, 4) is 89.7 Å². The number of imidazole rings is 1. The van der Waals surface area contributed by atoms with E-state index in [1.165, 1.54) is 5.56 Å². The van der Waals surface area contributed by atoms with E-state index >= 15 is 0 Å². The minimum Gasteiger partial charge on any atom is -0.392 e. The molecular weight excluding hydrogens is 815 g/mol. The van der Waals surface area contributed by atoms with E-state index < -0.39 is 61.6 Å². The van der Waals surface area contributed by atoms with Gasteiger partial charge in [0.1, 0.15) is 22.6 Å². The number of aromatic nitrogens is 3. The molecule has 10 aromatic rings. The molecule has 5 heterocycles. The Labute approximate surface area is 410 Å². The van der Waals surface area contributed by atoms with Gasteiger partial charge in [0.05, 0.1) is 11.0 Å². The summed E-state index contributed by atoms with van der Waals surface area (Å²) in [4.78, 5) is 0. The largest absolute Gasteiger partial charge is 0.499 e. The van der Waals surface area contributed by atoms with E-state index in [1.54, 1.807) is 18.3 Å². The zero-order chi connectivity index (χ0) is 56.4. The number of benzene rings is 8. The van der Waals surface area contributed by atoms with Crippen LogP contribution < -0.4 is 13.9 Å². The lowest BCUT2D eigenvalue weighted by atomic mass is 9.79. The van der Waals surface area contributed by atoms with Gasteiger partial charge in [-0.05, 0) is 109 Å². The first kappa shape index (κ1) is 28.3. The Hall–Kier alpha value is -7.82. The SMILES string of the molecule is [2H]c1c([2H])c(C(C([2H])([2H])[2H])(C([2H])([2H])[2H])C([2H])([2H])[2H])c([2H])c([2H])c1-c1cc[n+]2c(c1)-c1cc(-c3ccccc3)cc3c1C21Oc2ccccc2-c2n(-c4cc(-c5ccccc5)c(C(C)(C)C)cc4-c4ccccc4)c4cccc-3c4[n+]21. The van der Waals surface area contributed by atoms with E-state index in [0.717, 1.165) is 83.7 Å². The number of pyridine rings is 1. The molecule has 4 nitrogen and oxygen atoms in total. The molecule has 0 radical (unpaired) electrons. The summed E-state index contributed by atoms with van der Waals surface area (Å²) < 4.78 is 127. The van der Waals surface area contributed by atoms with Crippen LogP contribution >= 0.6 is 0 Å². The van der Waals surface area contributed by atoms with Crippen molar-refractivity contribution in [1.29, 1.82) is 0 Å². The van der Waals surface area contributed by atoms with Gasteiger partial charge in [-0.1, -0.05) is 175 Å². The summed E-state index contributed by atoms with van der Waals surface area (Å²) in [5.41, 5.74) is 9.37. The molecule has 0 saturated carbocycles. The fraction of sp³-hybridized carbons (Fsp3) is 0.143. The second kappa shape index (κ2) is 14.1. The van der Waals surface area contributed by atoms with Crippen LogP contribution in [0.4, 0.5) is 0 Å². The summed E-state index contributed by atoms with van der Waals surface area (Å²) in [6.45, 7) is -4.74. The van der Waals surface area contributed by atoms with Crippen LogP contribution in [-0.4, -0.2) is 4.57 Å². The van der Waals surface area contributed by atoms with E-state index in [0.29, 0.717) is 11.4 Å². The normalized spacial score (nSPS) is 18.6. The monoisotopic (exact) mass is 878 g/mol. The lowest BCUT2D eigenvalue weighted by Crippen LogP contribution is -2.78. The third kappa shape index (κ3) is 5.72. The van der Waals surface area contributed by atoms with Gasteiger partial charge in [0.2, 0.25) is 5.69 Å². The Kier molecular flexibility index (Phi) is 5.95. The van der Waals surface area contributed by atoms with Crippen LogP contribution in [0.5, 0.6) is 5.75 Å².